The summed E-state index contributed by atoms with van der Waals surface area (Å²) >= 11 is 0. The van der Waals surface area contributed by atoms with Crippen LogP contribution in [0.1, 0.15) is 0 Å². The Kier molecular flexibility index (Phi) is 3.40. The Bertz CT molecular complexity index is 218. The highest BCUT2D eigenvalue weighted by Crippen LogP contribution is 2.20. The molecule has 0 aromatic rings. The molecule has 1 heterocycles. The highest BCUT2D eigenvalue weighted by molar-refractivity contribution is 5.77. The molecular formula is C7H12O7. The van der Waals surface area contributed by atoms with Crippen molar-refractivity contribution in [3.05, 3.63) is 0 Å². The Balaban J connectivity index is 2.66. The number of carbonyl (C=O) groups is 1. The average Bonchev–Trinajstić information content (AvgIpc) is 2.43. The van der Waals surface area contributed by atoms with Gasteiger partial charge in [-0.2, -0.15) is 0 Å². The van der Waals surface area contributed by atoms with Gasteiger partial charge in [-0.05, 0) is 0 Å². The molecule has 1 fully saturated rings. The number of aliphatic hydroxyl groups excluding tert-OH is 5. The predicted octanol–water partition coefficient (Wildman–Crippen LogP) is -3.65. The van der Waals surface area contributed by atoms with Gasteiger partial charge in [0.1, 0.15) is 18.3 Å². The van der Waals surface area contributed by atoms with Crippen molar-refractivity contribution in [1.82, 2.24) is 0 Å². The molecule has 0 radical (unpaired) electrons. The van der Waals surface area contributed by atoms with Gasteiger partial charge in [-0.15, -0.1) is 0 Å². The van der Waals surface area contributed by atoms with Gasteiger partial charge in [0.2, 0.25) is 0 Å². The summed E-state index contributed by atoms with van der Waals surface area (Å²) in [6, 6.07) is 0. The lowest BCUT2D eigenvalue weighted by Gasteiger charge is -2.23. The van der Waals surface area contributed by atoms with Crippen LogP contribution < -0.4 is 0 Å². The molecule has 0 spiro atoms. The fourth-order valence-corrected chi connectivity index (χ4v) is 1.19. The molecule has 1 rings (SSSR count). The lowest BCUT2D eigenvalue weighted by molar-refractivity contribution is -0.155. The number of esters is 1. The Morgan fingerprint density at radius 1 is 1.36 bits per heavy atom. The van der Waals surface area contributed by atoms with Crippen LogP contribution in [0.15, 0.2) is 0 Å². The molecule has 0 aromatic heterocycles. The van der Waals surface area contributed by atoms with Gasteiger partial charge in [-0.1, -0.05) is 0 Å². The minimum Gasteiger partial charge on any atom is -0.455 e. The van der Waals surface area contributed by atoms with Crippen molar-refractivity contribution in [1.29, 1.82) is 0 Å². The van der Waals surface area contributed by atoms with Crippen molar-refractivity contribution in [3.8, 4) is 0 Å². The molecule has 0 bridgehead atoms. The molecule has 0 unspecified atom stereocenters. The molecule has 0 amide bonds. The number of cyclic esters (lactones) is 1. The second kappa shape index (κ2) is 4.20. The summed E-state index contributed by atoms with van der Waals surface area (Å²) in [6.07, 6.45) is -7.90. The number of ether oxygens (including phenoxy) is 1. The van der Waals surface area contributed by atoms with Crippen molar-refractivity contribution in [2.45, 2.75) is 30.5 Å². The van der Waals surface area contributed by atoms with Gasteiger partial charge in [-0.25, -0.2) is 4.79 Å². The molecule has 82 valence electrons. The third kappa shape index (κ3) is 1.86. The van der Waals surface area contributed by atoms with Gasteiger partial charge in [0.05, 0.1) is 6.61 Å². The summed E-state index contributed by atoms with van der Waals surface area (Å²) in [5.74, 6) is -1.06. The molecule has 1 aliphatic rings. The maximum absolute atomic E-state index is 10.7. The normalized spacial score (nSPS) is 36.6. The van der Waals surface area contributed by atoms with Crippen molar-refractivity contribution >= 4 is 5.97 Å². The molecule has 7 nitrogen and oxygen atoms in total. The Morgan fingerprint density at radius 3 is 2.29 bits per heavy atom. The zero-order chi connectivity index (χ0) is 10.9. The number of hydrogen-bond donors (Lipinski definition) is 5. The lowest BCUT2D eigenvalue weighted by atomic mass is 10.0. The van der Waals surface area contributed by atoms with Crippen LogP contribution >= 0.6 is 0 Å². The zero-order valence-electron chi connectivity index (χ0n) is 7.15. The maximum atomic E-state index is 10.7. The van der Waals surface area contributed by atoms with Gasteiger partial charge in [-0.3, -0.25) is 0 Å². The van der Waals surface area contributed by atoms with Crippen molar-refractivity contribution in [2.75, 3.05) is 6.61 Å². The summed E-state index contributed by atoms with van der Waals surface area (Å²) in [6.45, 7) is -0.738. The van der Waals surface area contributed by atoms with E-state index >= 15 is 0 Å². The van der Waals surface area contributed by atoms with E-state index in [1.807, 2.05) is 0 Å². The number of hydrogen-bond acceptors (Lipinski definition) is 7. The third-order valence-electron chi connectivity index (χ3n) is 2.07. The monoisotopic (exact) mass is 208 g/mol. The zero-order valence-corrected chi connectivity index (χ0v) is 7.15. The summed E-state index contributed by atoms with van der Waals surface area (Å²) in [5, 5.41) is 44.9. The average molecular weight is 208 g/mol. The Hall–Kier alpha value is -0.730. The minimum atomic E-state index is -1.72. The Morgan fingerprint density at radius 2 is 1.93 bits per heavy atom. The van der Waals surface area contributed by atoms with Crippen LogP contribution in [0.5, 0.6) is 0 Å². The predicted molar refractivity (Wildman–Crippen MR) is 41.0 cm³/mol. The van der Waals surface area contributed by atoms with Crippen LogP contribution in [0.4, 0.5) is 0 Å². The van der Waals surface area contributed by atoms with Crippen molar-refractivity contribution in [3.63, 3.8) is 0 Å². The summed E-state index contributed by atoms with van der Waals surface area (Å²) in [7, 11) is 0. The van der Waals surface area contributed by atoms with E-state index in [1.54, 1.807) is 0 Å². The molecule has 0 aromatic carbocycles. The van der Waals surface area contributed by atoms with E-state index in [2.05, 4.69) is 4.74 Å². The molecule has 1 aliphatic heterocycles. The standard InChI is InChI=1S/C7H12O7/c8-1-2(9)3(10)6-4(11)5(12)7(13)14-6/h2-6,8-12H,1H2/t2-,3+,4+,5-,6+/m0/s1. The van der Waals surface area contributed by atoms with Crippen LogP contribution in [0, 0.1) is 0 Å². The van der Waals surface area contributed by atoms with Crippen LogP contribution in [-0.4, -0.2) is 68.6 Å². The molecule has 7 heteroatoms. The second-order valence-corrected chi connectivity index (χ2v) is 3.08. The Labute approximate surface area is 79.2 Å². The van der Waals surface area contributed by atoms with Gasteiger partial charge in [0.15, 0.2) is 12.2 Å². The van der Waals surface area contributed by atoms with Gasteiger partial charge in [0, 0.05) is 0 Å². The van der Waals surface area contributed by atoms with Crippen LogP contribution in [0.2, 0.25) is 0 Å². The minimum absolute atomic E-state index is 0.738. The first-order valence-electron chi connectivity index (χ1n) is 4.02. The topological polar surface area (TPSA) is 127 Å². The molecule has 5 N–H and O–H groups in total. The van der Waals surface area contributed by atoms with Crippen molar-refractivity contribution in [2.24, 2.45) is 0 Å². The number of aliphatic hydroxyl groups is 5. The van der Waals surface area contributed by atoms with Gasteiger partial charge < -0.3 is 30.3 Å². The second-order valence-electron chi connectivity index (χ2n) is 3.08. The molecular weight excluding hydrogens is 196 g/mol. The maximum Gasteiger partial charge on any atom is 0.338 e. The fraction of sp³-hybridized carbons (Fsp3) is 0.857. The van der Waals surface area contributed by atoms with Gasteiger partial charge >= 0.3 is 5.97 Å². The van der Waals surface area contributed by atoms with E-state index in [1.165, 1.54) is 0 Å². The van der Waals surface area contributed by atoms with E-state index in [9.17, 15) is 15.0 Å². The highest BCUT2D eigenvalue weighted by atomic mass is 16.6. The van der Waals surface area contributed by atoms with E-state index < -0.39 is 43.1 Å². The first-order chi connectivity index (χ1) is 6.49. The molecule has 5 atom stereocenters. The number of carbonyl (C=O) groups excluding carboxylic acids is 1. The molecule has 1 saturated heterocycles. The third-order valence-corrected chi connectivity index (χ3v) is 2.07. The quantitative estimate of drug-likeness (QED) is 0.302. The largest absolute Gasteiger partial charge is 0.455 e. The van der Waals surface area contributed by atoms with Crippen LogP contribution in [0.3, 0.4) is 0 Å². The first-order valence-corrected chi connectivity index (χ1v) is 4.02. The number of rotatable bonds is 3. The molecule has 14 heavy (non-hydrogen) atoms. The van der Waals surface area contributed by atoms with E-state index in [4.69, 9.17) is 15.3 Å². The summed E-state index contributed by atoms with van der Waals surface area (Å²) in [5.41, 5.74) is 0. The fourth-order valence-electron chi connectivity index (χ4n) is 1.19. The molecule has 0 aliphatic carbocycles. The highest BCUT2D eigenvalue weighted by Gasteiger charge is 2.47. The van der Waals surface area contributed by atoms with Gasteiger partial charge in [0.25, 0.3) is 0 Å². The van der Waals surface area contributed by atoms with E-state index in [0.717, 1.165) is 0 Å². The van der Waals surface area contributed by atoms with Crippen molar-refractivity contribution < 1.29 is 35.1 Å². The summed E-state index contributed by atoms with van der Waals surface area (Å²) in [4.78, 5) is 10.7. The first kappa shape index (κ1) is 11.3. The smallest absolute Gasteiger partial charge is 0.338 e. The van der Waals surface area contributed by atoms with Crippen LogP contribution in [-0.2, 0) is 9.53 Å². The molecule has 0 saturated carbocycles. The van der Waals surface area contributed by atoms with E-state index in [-0.39, 0.29) is 0 Å². The SMILES string of the molecule is O=C1O[C@H]([C@H](O)[C@@H](O)CO)[C@H](O)[C@@H]1O. The van der Waals surface area contributed by atoms with E-state index in [0.29, 0.717) is 0 Å². The summed E-state index contributed by atoms with van der Waals surface area (Å²) < 4.78 is 4.41. The lowest BCUT2D eigenvalue weighted by Crippen LogP contribution is -2.46. The van der Waals surface area contributed by atoms with Crippen LogP contribution in [0.25, 0.3) is 0 Å².